The van der Waals surface area contributed by atoms with Gasteiger partial charge < -0.3 is 15.7 Å². The fraction of sp³-hybridized carbons (Fsp3) is 1.00. The molecule has 0 spiro atoms. The molecule has 0 amide bonds. The molecule has 0 heterocycles. The van der Waals surface area contributed by atoms with E-state index >= 15 is 0 Å². The molecule has 0 rings (SSSR count). The van der Waals surface area contributed by atoms with Crippen LogP contribution < -0.4 is 10.6 Å². The summed E-state index contributed by atoms with van der Waals surface area (Å²) in [4.78, 5) is 0. The zero-order chi connectivity index (χ0) is 9.78. The molecule has 0 fully saturated rings. The molecule has 0 radical (unpaired) electrons. The molecule has 0 aliphatic carbocycles. The minimum atomic E-state index is 0.322. The van der Waals surface area contributed by atoms with Crippen LogP contribution in [0, 0.1) is 0 Å². The Morgan fingerprint density at radius 3 is 1.92 bits per heavy atom. The molecular weight excluding hydrogens is 164 g/mol. The predicted molar refractivity (Wildman–Crippen MR) is 57.0 cm³/mol. The highest BCUT2D eigenvalue weighted by molar-refractivity contribution is 4.50. The number of hydrogen-bond donors (Lipinski definition) is 3. The Kier molecular flexibility index (Phi) is 11.8. The second kappa shape index (κ2) is 11.9. The minimum Gasteiger partial charge on any atom is -0.396 e. The van der Waals surface area contributed by atoms with Gasteiger partial charge in [-0.3, -0.25) is 0 Å². The second-order valence-corrected chi connectivity index (χ2v) is 3.24. The number of unbranched alkanes of at least 4 members (excludes halogenated alkanes) is 2. The van der Waals surface area contributed by atoms with Crippen LogP contribution in [0.2, 0.25) is 0 Å². The van der Waals surface area contributed by atoms with Gasteiger partial charge in [0, 0.05) is 6.61 Å². The minimum absolute atomic E-state index is 0.322. The molecule has 0 atom stereocenters. The highest BCUT2D eigenvalue weighted by Crippen LogP contribution is 1.86. The van der Waals surface area contributed by atoms with Crippen LogP contribution in [0.1, 0.15) is 32.6 Å². The van der Waals surface area contributed by atoms with Crippen molar-refractivity contribution in [3.63, 3.8) is 0 Å². The quantitative estimate of drug-likeness (QED) is 0.443. The molecule has 0 bridgehead atoms. The van der Waals surface area contributed by atoms with Crippen molar-refractivity contribution in [2.24, 2.45) is 0 Å². The molecule has 3 N–H and O–H groups in total. The molecule has 0 saturated carbocycles. The number of nitrogens with one attached hydrogen (secondary N) is 2. The molecule has 0 aliphatic heterocycles. The largest absolute Gasteiger partial charge is 0.396 e. The molecule has 0 aromatic rings. The Bertz CT molecular complexity index is 79.0. The van der Waals surface area contributed by atoms with E-state index in [1.54, 1.807) is 0 Å². The first-order valence-electron chi connectivity index (χ1n) is 5.44. The highest BCUT2D eigenvalue weighted by Gasteiger charge is 1.89. The number of aliphatic hydroxyl groups is 1. The second-order valence-electron chi connectivity index (χ2n) is 3.24. The van der Waals surface area contributed by atoms with E-state index in [0.29, 0.717) is 6.61 Å². The van der Waals surface area contributed by atoms with Gasteiger partial charge in [-0.25, -0.2) is 0 Å². The molecule has 13 heavy (non-hydrogen) atoms. The summed E-state index contributed by atoms with van der Waals surface area (Å²) in [5, 5.41) is 15.2. The van der Waals surface area contributed by atoms with Gasteiger partial charge in [0.25, 0.3) is 0 Å². The summed E-state index contributed by atoms with van der Waals surface area (Å²) in [7, 11) is 0. The van der Waals surface area contributed by atoms with Gasteiger partial charge in [0.2, 0.25) is 0 Å². The Balaban J connectivity index is 2.76. The predicted octanol–water partition coefficient (Wildman–Crippen LogP) is 0.738. The number of hydrogen-bond acceptors (Lipinski definition) is 3. The van der Waals surface area contributed by atoms with Crippen LogP contribution in [0.4, 0.5) is 0 Å². The normalized spacial score (nSPS) is 10.6. The van der Waals surface area contributed by atoms with E-state index in [-0.39, 0.29) is 0 Å². The molecule has 0 aliphatic rings. The lowest BCUT2D eigenvalue weighted by Gasteiger charge is -2.04. The first-order valence-corrected chi connectivity index (χ1v) is 5.44. The van der Waals surface area contributed by atoms with Crippen molar-refractivity contribution < 1.29 is 5.11 Å². The number of rotatable bonds is 10. The summed E-state index contributed by atoms with van der Waals surface area (Å²) in [5.74, 6) is 0. The van der Waals surface area contributed by atoms with E-state index in [1.165, 1.54) is 12.8 Å². The summed E-state index contributed by atoms with van der Waals surface area (Å²) in [5.41, 5.74) is 0. The Morgan fingerprint density at radius 2 is 1.38 bits per heavy atom. The fourth-order valence-corrected chi connectivity index (χ4v) is 1.16. The van der Waals surface area contributed by atoms with Gasteiger partial charge in [0.1, 0.15) is 0 Å². The van der Waals surface area contributed by atoms with Crippen LogP contribution in [0.3, 0.4) is 0 Å². The van der Waals surface area contributed by atoms with Gasteiger partial charge in [0.05, 0.1) is 0 Å². The van der Waals surface area contributed by atoms with Crippen LogP contribution in [0.5, 0.6) is 0 Å². The lowest BCUT2D eigenvalue weighted by molar-refractivity contribution is 0.283. The Labute approximate surface area is 81.9 Å². The Hall–Kier alpha value is -0.120. The van der Waals surface area contributed by atoms with Crippen molar-refractivity contribution in [1.82, 2.24) is 10.6 Å². The SMILES string of the molecule is CCNCCCCNCCCCO. The fourth-order valence-electron chi connectivity index (χ4n) is 1.16. The van der Waals surface area contributed by atoms with Crippen molar-refractivity contribution >= 4 is 0 Å². The first kappa shape index (κ1) is 12.9. The van der Waals surface area contributed by atoms with Crippen molar-refractivity contribution in [2.45, 2.75) is 32.6 Å². The van der Waals surface area contributed by atoms with Crippen molar-refractivity contribution in [3.05, 3.63) is 0 Å². The molecule has 0 aromatic carbocycles. The molecular formula is C10H24N2O. The molecule has 0 unspecified atom stereocenters. The van der Waals surface area contributed by atoms with Gasteiger partial charge in [0.15, 0.2) is 0 Å². The smallest absolute Gasteiger partial charge is 0.0431 e. The van der Waals surface area contributed by atoms with Crippen molar-refractivity contribution in [2.75, 3.05) is 32.8 Å². The molecule has 0 aromatic heterocycles. The lowest BCUT2D eigenvalue weighted by atomic mass is 10.3. The third-order valence-electron chi connectivity index (χ3n) is 1.97. The molecule has 3 nitrogen and oxygen atoms in total. The zero-order valence-electron chi connectivity index (χ0n) is 8.81. The Morgan fingerprint density at radius 1 is 0.846 bits per heavy atom. The summed E-state index contributed by atoms with van der Waals surface area (Å²) >= 11 is 0. The summed E-state index contributed by atoms with van der Waals surface area (Å²) in [6, 6.07) is 0. The maximum absolute atomic E-state index is 8.53. The monoisotopic (exact) mass is 188 g/mol. The average molecular weight is 188 g/mol. The van der Waals surface area contributed by atoms with E-state index in [1.807, 2.05) is 0 Å². The standard InChI is InChI=1S/C10H24N2O/c1-2-11-7-3-4-8-12-9-5-6-10-13/h11-13H,2-10H2,1H3. The molecule has 80 valence electrons. The third-order valence-corrected chi connectivity index (χ3v) is 1.97. The van der Waals surface area contributed by atoms with Crippen LogP contribution in [-0.4, -0.2) is 37.9 Å². The van der Waals surface area contributed by atoms with Gasteiger partial charge in [-0.2, -0.15) is 0 Å². The van der Waals surface area contributed by atoms with Crippen molar-refractivity contribution in [1.29, 1.82) is 0 Å². The van der Waals surface area contributed by atoms with Gasteiger partial charge in [-0.1, -0.05) is 6.92 Å². The average Bonchev–Trinajstić information content (AvgIpc) is 2.16. The lowest BCUT2D eigenvalue weighted by Crippen LogP contribution is -2.19. The van der Waals surface area contributed by atoms with Crippen LogP contribution in [0.25, 0.3) is 0 Å². The van der Waals surface area contributed by atoms with Gasteiger partial charge >= 0.3 is 0 Å². The van der Waals surface area contributed by atoms with Crippen molar-refractivity contribution in [3.8, 4) is 0 Å². The van der Waals surface area contributed by atoms with Crippen LogP contribution in [-0.2, 0) is 0 Å². The summed E-state index contributed by atoms with van der Waals surface area (Å²) in [6.07, 6.45) is 4.50. The maximum atomic E-state index is 8.53. The van der Waals surface area contributed by atoms with E-state index in [4.69, 9.17) is 5.11 Å². The van der Waals surface area contributed by atoms with E-state index in [2.05, 4.69) is 17.6 Å². The van der Waals surface area contributed by atoms with Gasteiger partial charge in [-0.05, 0) is 51.9 Å². The van der Waals surface area contributed by atoms with E-state index in [9.17, 15) is 0 Å². The molecule has 0 saturated heterocycles. The topological polar surface area (TPSA) is 44.3 Å². The van der Waals surface area contributed by atoms with E-state index < -0.39 is 0 Å². The highest BCUT2D eigenvalue weighted by atomic mass is 16.2. The third kappa shape index (κ3) is 11.9. The summed E-state index contributed by atoms with van der Waals surface area (Å²) < 4.78 is 0. The maximum Gasteiger partial charge on any atom is 0.0431 e. The first-order chi connectivity index (χ1) is 6.41. The van der Waals surface area contributed by atoms with Crippen LogP contribution >= 0.6 is 0 Å². The zero-order valence-corrected chi connectivity index (χ0v) is 8.81. The van der Waals surface area contributed by atoms with Crippen LogP contribution in [0.15, 0.2) is 0 Å². The molecule has 3 heteroatoms. The summed E-state index contributed by atoms with van der Waals surface area (Å²) in [6.45, 7) is 6.81. The number of aliphatic hydroxyl groups excluding tert-OH is 1. The van der Waals surface area contributed by atoms with Gasteiger partial charge in [-0.15, -0.1) is 0 Å². The van der Waals surface area contributed by atoms with E-state index in [0.717, 1.165) is 39.0 Å².